The third-order valence-corrected chi connectivity index (χ3v) is 7.38. The lowest BCUT2D eigenvalue weighted by molar-refractivity contribution is -0.142. The Labute approximate surface area is 175 Å². The summed E-state index contributed by atoms with van der Waals surface area (Å²) < 4.78 is 0.947. The number of aliphatic carboxylic acids is 1. The summed E-state index contributed by atoms with van der Waals surface area (Å²) in [5, 5.41) is 18.8. The maximum Gasteiger partial charge on any atom is 0.326 e. The van der Waals surface area contributed by atoms with Crippen LogP contribution in [0, 0.1) is 23.2 Å². The number of nitrogens with one attached hydrogen (secondary N) is 2. The van der Waals surface area contributed by atoms with E-state index in [1.54, 1.807) is 6.92 Å². The number of fused-ring (bicyclic) bond motifs is 2. The van der Waals surface area contributed by atoms with E-state index in [1.165, 1.54) is 12.6 Å². The van der Waals surface area contributed by atoms with Crippen molar-refractivity contribution in [2.75, 3.05) is 5.32 Å². The zero-order valence-electron chi connectivity index (χ0n) is 17.2. The molecule has 5 atom stereocenters. The van der Waals surface area contributed by atoms with Crippen LogP contribution in [0.15, 0.2) is 11.0 Å². The van der Waals surface area contributed by atoms with Gasteiger partial charge in [0.2, 0.25) is 5.91 Å². The topological polar surface area (TPSA) is 113 Å². The van der Waals surface area contributed by atoms with Crippen LogP contribution in [0.2, 0.25) is 5.02 Å². The van der Waals surface area contributed by atoms with Crippen LogP contribution in [0.1, 0.15) is 47.0 Å². The van der Waals surface area contributed by atoms with Crippen molar-refractivity contribution in [3.8, 4) is 0 Å². The molecule has 160 valence electrons. The Morgan fingerprint density at radius 2 is 2.10 bits per heavy atom. The number of aromatic nitrogens is 2. The Kier molecular flexibility index (Phi) is 5.94. The van der Waals surface area contributed by atoms with E-state index in [-0.39, 0.29) is 24.0 Å². The number of nitrogens with zero attached hydrogens (tertiary/aromatic N) is 2. The van der Waals surface area contributed by atoms with Crippen LogP contribution in [0.25, 0.3) is 0 Å². The largest absolute Gasteiger partial charge is 0.480 e. The molecule has 1 aromatic rings. The number of rotatable bonds is 7. The lowest BCUT2D eigenvalue weighted by Gasteiger charge is -2.62. The number of amides is 1. The molecule has 3 saturated carbocycles. The summed E-state index contributed by atoms with van der Waals surface area (Å²) >= 11 is 6.27. The van der Waals surface area contributed by atoms with Crippen LogP contribution >= 0.6 is 11.6 Å². The van der Waals surface area contributed by atoms with Crippen molar-refractivity contribution in [2.24, 2.45) is 23.2 Å². The van der Waals surface area contributed by atoms with E-state index in [1.807, 2.05) is 0 Å². The summed E-state index contributed by atoms with van der Waals surface area (Å²) in [5.74, 6) is 0.0460. The average Bonchev–Trinajstić information content (AvgIpc) is 2.66. The fourth-order valence-electron chi connectivity index (χ4n) is 4.93. The van der Waals surface area contributed by atoms with Gasteiger partial charge in [0.05, 0.1) is 11.9 Å². The molecule has 3 fully saturated rings. The second kappa shape index (κ2) is 7.97. The van der Waals surface area contributed by atoms with E-state index in [0.29, 0.717) is 28.9 Å². The highest BCUT2D eigenvalue weighted by Crippen LogP contribution is 2.61. The van der Waals surface area contributed by atoms with E-state index >= 15 is 0 Å². The summed E-state index contributed by atoms with van der Waals surface area (Å²) in [6.07, 6.45) is 3.99. The van der Waals surface area contributed by atoms with Crippen molar-refractivity contribution >= 4 is 29.2 Å². The van der Waals surface area contributed by atoms with Gasteiger partial charge in [-0.2, -0.15) is 5.10 Å². The van der Waals surface area contributed by atoms with Gasteiger partial charge in [0.25, 0.3) is 5.56 Å². The average molecular weight is 425 g/mol. The molecule has 1 aromatic heterocycles. The quantitative estimate of drug-likeness (QED) is 0.619. The first kappa shape index (κ1) is 21.6. The van der Waals surface area contributed by atoms with Crippen molar-refractivity contribution < 1.29 is 14.7 Å². The van der Waals surface area contributed by atoms with Crippen LogP contribution in [0.4, 0.5) is 5.69 Å². The molecule has 0 aromatic carbocycles. The fraction of sp³-hybridized carbons (Fsp3) is 0.700. The highest BCUT2D eigenvalue weighted by Gasteiger charge is 2.56. The highest BCUT2D eigenvalue weighted by molar-refractivity contribution is 6.32. The smallest absolute Gasteiger partial charge is 0.326 e. The van der Waals surface area contributed by atoms with E-state index in [9.17, 15) is 14.4 Å². The van der Waals surface area contributed by atoms with E-state index < -0.39 is 23.5 Å². The molecule has 1 heterocycles. The van der Waals surface area contributed by atoms with Gasteiger partial charge in [-0.1, -0.05) is 39.3 Å². The molecule has 9 heteroatoms. The molecular weight excluding hydrogens is 396 g/mol. The van der Waals surface area contributed by atoms with Crippen molar-refractivity contribution in [1.82, 2.24) is 15.1 Å². The number of carbonyl (C=O) groups excluding carboxylic acids is 1. The first-order valence-electron chi connectivity index (χ1n) is 10.1. The van der Waals surface area contributed by atoms with Gasteiger partial charge in [0.1, 0.15) is 17.6 Å². The van der Waals surface area contributed by atoms with Crippen LogP contribution in [-0.4, -0.2) is 38.8 Å². The molecule has 3 aliphatic carbocycles. The Morgan fingerprint density at radius 3 is 2.66 bits per heavy atom. The van der Waals surface area contributed by atoms with Gasteiger partial charge in [-0.3, -0.25) is 9.59 Å². The number of hydrogen-bond acceptors (Lipinski definition) is 5. The number of carboxylic acid groups (broad SMARTS) is 1. The molecule has 8 nitrogen and oxygen atoms in total. The minimum Gasteiger partial charge on any atom is -0.480 e. The Bertz CT molecular complexity index is 869. The third-order valence-electron chi connectivity index (χ3n) is 7.01. The second-order valence-electron chi connectivity index (χ2n) is 8.91. The maximum atomic E-state index is 12.5. The van der Waals surface area contributed by atoms with Gasteiger partial charge in [0.15, 0.2) is 0 Å². The van der Waals surface area contributed by atoms with E-state index in [2.05, 4.69) is 36.5 Å². The zero-order chi connectivity index (χ0) is 21.5. The highest BCUT2D eigenvalue weighted by atomic mass is 35.5. The van der Waals surface area contributed by atoms with Crippen LogP contribution in [0.5, 0.6) is 0 Å². The molecule has 2 bridgehead atoms. The van der Waals surface area contributed by atoms with Crippen molar-refractivity contribution in [3.63, 3.8) is 0 Å². The van der Waals surface area contributed by atoms with E-state index in [4.69, 9.17) is 16.7 Å². The lowest BCUT2D eigenvalue weighted by atomic mass is 9.45. The third kappa shape index (κ3) is 3.99. The zero-order valence-corrected chi connectivity index (χ0v) is 18.0. The molecule has 1 amide bonds. The number of halogens is 1. The van der Waals surface area contributed by atoms with Crippen LogP contribution in [0.3, 0.4) is 0 Å². The molecule has 0 spiro atoms. The van der Waals surface area contributed by atoms with Crippen LogP contribution < -0.4 is 16.2 Å². The molecule has 29 heavy (non-hydrogen) atoms. The molecule has 1 unspecified atom stereocenters. The summed E-state index contributed by atoms with van der Waals surface area (Å²) in [5.41, 5.74) is 0.258. The van der Waals surface area contributed by atoms with E-state index in [0.717, 1.165) is 11.1 Å². The van der Waals surface area contributed by atoms with Gasteiger partial charge < -0.3 is 15.7 Å². The minimum atomic E-state index is -1.12. The first-order chi connectivity index (χ1) is 13.6. The molecule has 0 radical (unpaired) electrons. The Hall–Kier alpha value is -2.09. The molecule has 3 N–H and O–H groups in total. The van der Waals surface area contributed by atoms with Gasteiger partial charge in [-0.25, -0.2) is 9.48 Å². The standard InChI is InChI=1S/C20H29ClN4O4/c1-5-13(19(28)29)24-16(26)9-25-18(27)17(21)15(8-22-25)23-14-7-11-6-12(10(14)2)20(11,3)4/h8,10-14,23H,5-7,9H2,1-4H3,(H,24,26)(H,28,29)/t10-,11+,12+,13?,14+/m0/s1. The van der Waals surface area contributed by atoms with Crippen molar-refractivity contribution in [3.05, 3.63) is 21.6 Å². The van der Waals surface area contributed by atoms with Gasteiger partial charge >= 0.3 is 5.97 Å². The normalized spacial score (nSPS) is 28.2. The summed E-state index contributed by atoms with van der Waals surface area (Å²) in [4.78, 5) is 35.6. The predicted molar refractivity (Wildman–Crippen MR) is 110 cm³/mol. The second-order valence-corrected chi connectivity index (χ2v) is 9.29. The predicted octanol–water partition coefficient (Wildman–Crippen LogP) is 2.36. The van der Waals surface area contributed by atoms with Crippen molar-refractivity contribution in [1.29, 1.82) is 0 Å². The molecule has 0 aliphatic heterocycles. The van der Waals surface area contributed by atoms with Gasteiger partial charge in [-0.15, -0.1) is 0 Å². The summed E-state index contributed by atoms with van der Waals surface area (Å²) in [6, 6.07) is -0.774. The lowest BCUT2D eigenvalue weighted by Crippen LogP contribution is -2.58. The fourth-order valence-corrected chi connectivity index (χ4v) is 5.13. The summed E-state index contributed by atoms with van der Waals surface area (Å²) in [7, 11) is 0. The van der Waals surface area contributed by atoms with Gasteiger partial charge in [-0.05, 0) is 42.4 Å². The number of anilines is 1. The molecular formula is C20H29ClN4O4. The maximum absolute atomic E-state index is 12.5. The van der Waals surface area contributed by atoms with Crippen LogP contribution in [-0.2, 0) is 16.1 Å². The Morgan fingerprint density at radius 1 is 1.41 bits per heavy atom. The molecule has 0 saturated heterocycles. The first-order valence-corrected chi connectivity index (χ1v) is 10.5. The molecule has 4 rings (SSSR count). The monoisotopic (exact) mass is 424 g/mol. The Balaban J connectivity index is 1.68. The molecule has 3 aliphatic rings. The number of carboxylic acids is 1. The summed E-state index contributed by atoms with van der Waals surface area (Å²) in [6.45, 7) is 8.15. The van der Waals surface area contributed by atoms with Crippen molar-refractivity contribution in [2.45, 2.75) is 65.6 Å². The number of hydrogen-bond donors (Lipinski definition) is 3. The number of carbonyl (C=O) groups is 2. The SMILES string of the molecule is CCC(NC(=O)Cn1ncc(N[C@@H]2C[C@H]3C[C@H]([C@@H]2C)C3(C)C)c(Cl)c1=O)C(=O)O. The minimum absolute atomic E-state index is 0.0104. The van der Waals surface area contributed by atoms with Gasteiger partial charge in [0, 0.05) is 6.04 Å².